The highest BCUT2D eigenvalue weighted by Gasteiger charge is 2.35. The maximum Gasteiger partial charge on any atom is 0.304 e. The van der Waals surface area contributed by atoms with Crippen LogP contribution < -0.4 is 4.74 Å². The standard InChI is InChI=1S/C21H14O4S/c22-26(23)20-17-10-4-2-7-15(17)12-13-19(20)24-21(25-26)18-11-5-8-14-6-1-3-9-16(14)18/h1-13,21H. The van der Waals surface area contributed by atoms with Gasteiger partial charge in [-0.3, -0.25) is 0 Å². The molecule has 26 heavy (non-hydrogen) atoms. The van der Waals surface area contributed by atoms with Crippen molar-refractivity contribution in [1.29, 1.82) is 0 Å². The molecule has 0 aromatic heterocycles. The Labute approximate surface area is 150 Å². The van der Waals surface area contributed by atoms with Gasteiger partial charge in [0.1, 0.15) is 10.6 Å². The fourth-order valence-corrected chi connectivity index (χ4v) is 4.73. The molecule has 0 saturated carbocycles. The molecule has 1 aliphatic rings. The fourth-order valence-electron chi connectivity index (χ4n) is 3.44. The summed E-state index contributed by atoms with van der Waals surface area (Å²) in [5, 5.41) is 3.32. The van der Waals surface area contributed by atoms with E-state index in [-0.39, 0.29) is 4.90 Å². The second-order valence-corrected chi connectivity index (χ2v) is 7.69. The van der Waals surface area contributed by atoms with Gasteiger partial charge in [-0.1, -0.05) is 72.8 Å². The summed E-state index contributed by atoms with van der Waals surface area (Å²) in [4.78, 5) is 0.0899. The van der Waals surface area contributed by atoms with Gasteiger partial charge in [-0.05, 0) is 22.2 Å². The molecule has 0 aliphatic carbocycles. The summed E-state index contributed by atoms with van der Waals surface area (Å²) in [6, 6.07) is 24.2. The minimum atomic E-state index is -3.96. The Hall–Kier alpha value is -2.89. The van der Waals surface area contributed by atoms with Crippen molar-refractivity contribution in [3.8, 4) is 5.75 Å². The van der Waals surface area contributed by atoms with Gasteiger partial charge in [0.05, 0.1) is 0 Å². The first kappa shape index (κ1) is 15.4. The summed E-state index contributed by atoms with van der Waals surface area (Å²) < 4.78 is 37.2. The summed E-state index contributed by atoms with van der Waals surface area (Å²) in [6.45, 7) is 0. The van der Waals surface area contributed by atoms with E-state index < -0.39 is 16.4 Å². The van der Waals surface area contributed by atoms with Crippen LogP contribution in [0.3, 0.4) is 0 Å². The minimum absolute atomic E-state index is 0.0899. The van der Waals surface area contributed by atoms with Crippen molar-refractivity contribution in [3.05, 3.63) is 84.4 Å². The largest absolute Gasteiger partial charge is 0.458 e. The molecular formula is C21H14O4S. The molecule has 4 aromatic carbocycles. The molecule has 128 valence electrons. The molecule has 0 radical (unpaired) electrons. The summed E-state index contributed by atoms with van der Waals surface area (Å²) in [5.74, 6) is 0.313. The lowest BCUT2D eigenvalue weighted by atomic mass is 10.0. The van der Waals surface area contributed by atoms with Gasteiger partial charge >= 0.3 is 10.1 Å². The van der Waals surface area contributed by atoms with Crippen LogP contribution in [0.15, 0.2) is 83.8 Å². The van der Waals surface area contributed by atoms with Gasteiger partial charge in [0.2, 0.25) is 6.29 Å². The highest BCUT2D eigenvalue weighted by molar-refractivity contribution is 7.87. The first-order valence-electron chi connectivity index (χ1n) is 8.23. The highest BCUT2D eigenvalue weighted by atomic mass is 32.2. The lowest BCUT2D eigenvalue weighted by Gasteiger charge is -2.27. The molecule has 5 rings (SSSR count). The van der Waals surface area contributed by atoms with Crippen LogP contribution in [0.25, 0.3) is 21.5 Å². The maximum absolute atomic E-state index is 12.9. The molecule has 0 N–H and O–H groups in total. The van der Waals surface area contributed by atoms with Crippen molar-refractivity contribution in [3.63, 3.8) is 0 Å². The highest BCUT2D eigenvalue weighted by Crippen LogP contribution is 2.42. The Balaban J connectivity index is 1.71. The monoisotopic (exact) mass is 362 g/mol. The van der Waals surface area contributed by atoms with E-state index in [0.717, 1.165) is 16.2 Å². The smallest absolute Gasteiger partial charge is 0.304 e. The first-order valence-corrected chi connectivity index (χ1v) is 9.64. The van der Waals surface area contributed by atoms with Gasteiger partial charge < -0.3 is 4.74 Å². The average molecular weight is 362 g/mol. The van der Waals surface area contributed by atoms with E-state index in [1.807, 2.05) is 60.7 Å². The van der Waals surface area contributed by atoms with Crippen molar-refractivity contribution in [2.24, 2.45) is 0 Å². The first-order chi connectivity index (χ1) is 12.6. The Morgan fingerprint density at radius 2 is 1.35 bits per heavy atom. The van der Waals surface area contributed by atoms with Crippen molar-refractivity contribution in [2.45, 2.75) is 11.2 Å². The lowest BCUT2D eigenvalue weighted by molar-refractivity contribution is -0.00217. The third-order valence-electron chi connectivity index (χ3n) is 4.62. The van der Waals surface area contributed by atoms with Crippen LogP contribution in [-0.4, -0.2) is 8.42 Å². The van der Waals surface area contributed by atoms with Crippen molar-refractivity contribution in [2.75, 3.05) is 0 Å². The topological polar surface area (TPSA) is 52.6 Å². The van der Waals surface area contributed by atoms with E-state index in [4.69, 9.17) is 8.92 Å². The van der Waals surface area contributed by atoms with E-state index in [1.165, 1.54) is 0 Å². The van der Waals surface area contributed by atoms with E-state index in [0.29, 0.717) is 16.7 Å². The summed E-state index contributed by atoms with van der Waals surface area (Å²) in [7, 11) is -3.96. The van der Waals surface area contributed by atoms with Crippen molar-refractivity contribution >= 4 is 31.7 Å². The SMILES string of the molecule is O=S1(=O)OC(c2cccc3ccccc23)Oc2ccc3ccccc3c21. The van der Waals surface area contributed by atoms with E-state index in [9.17, 15) is 8.42 Å². The molecule has 4 nitrogen and oxygen atoms in total. The molecule has 1 atom stereocenters. The lowest BCUT2D eigenvalue weighted by Crippen LogP contribution is -2.24. The zero-order valence-electron chi connectivity index (χ0n) is 13.6. The Bertz CT molecular complexity index is 1260. The number of benzene rings is 4. The van der Waals surface area contributed by atoms with Gasteiger partial charge in [-0.15, -0.1) is 0 Å². The summed E-state index contributed by atoms with van der Waals surface area (Å²) >= 11 is 0. The Morgan fingerprint density at radius 1 is 0.692 bits per heavy atom. The number of rotatable bonds is 1. The average Bonchev–Trinajstić information content (AvgIpc) is 2.66. The third kappa shape index (κ3) is 2.29. The van der Waals surface area contributed by atoms with Gasteiger partial charge in [-0.2, -0.15) is 8.42 Å². The predicted octanol–water partition coefficient (Wildman–Crippen LogP) is 4.79. The second-order valence-electron chi connectivity index (χ2n) is 6.18. The fraction of sp³-hybridized carbons (Fsp3) is 0.0476. The molecule has 5 heteroatoms. The maximum atomic E-state index is 12.9. The third-order valence-corrected chi connectivity index (χ3v) is 5.97. The zero-order valence-corrected chi connectivity index (χ0v) is 14.4. The van der Waals surface area contributed by atoms with Crippen LogP contribution in [0.2, 0.25) is 0 Å². The molecule has 0 spiro atoms. The van der Waals surface area contributed by atoms with E-state index in [1.54, 1.807) is 18.2 Å². The minimum Gasteiger partial charge on any atom is -0.458 e. The van der Waals surface area contributed by atoms with Gasteiger partial charge in [0.25, 0.3) is 0 Å². The van der Waals surface area contributed by atoms with Gasteiger partial charge in [0, 0.05) is 10.9 Å². The molecule has 1 unspecified atom stereocenters. The van der Waals surface area contributed by atoms with Crippen LogP contribution in [0.4, 0.5) is 0 Å². The van der Waals surface area contributed by atoms with Crippen LogP contribution in [0, 0.1) is 0 Å². The quantitative estimate of drug-likeness (QED) is 0.457. The summed E-state index contributed by atoms with van der Waals surface area (Å²) in [6.07, 6.45) is -1.01. The summed E-state index contributed by atoms with van der Waals surface area (Å²) in [5.41, 5.74) is 0.686. The molecule has 0 amide bonds. The molecule has 0 saturated heterocycles. The van der Waals surface area contributed by atoms with Gasteiger partial charge in [-0.25, -0.2) is 4.18 Å². The van der Waals surface area contributed by atoms with E-state index >= 15 is 0 Å². The molecule has 0 fully saturated rings. The van der Waals surface area contributed by atoms with Crippen LogP contribution >= 0.6 is 0 Å². The second kappa shape index (κ2) is 5.56. The Kier molecular flexibility index (Phi) is 3.29. The molecule has 0 bridgehead atoms. The molecule has 4 aromatic rings. The number of hydrogen-bond donors (Lipinski definition) is 0. The predicted molar refractivity (Wildman–Crippen MR) is 99.5 cm³/mol. The van der Waals surface area contributed by atoms with Gasteiger partial charge in [0.15, 0.2) is 0 Å². The normalized spacial score (nSPS) is 18.4. The van der Waals surface area contributed by atoms with Crippen molar-refractivity contribution in [1.82, 2.24) is 0 Å². The van der Waals surface area contributed by atoms with E-state index in [2.05, 4.69) is 0 Å². The number of hydrogen-bond acceptors (Lipinski definition) is 4. The number of ether oxygens (including phenoxy) is 1. The molecular weight excluding hydrogens is 348 g/mol. The van der Waals surface area contributed by atoms with Crippen LogP contribution in [0.5, 0.6) is 5.75 Å². The molecule has 1 heterocycles. The van der Waals surface area contributed by atoms with Crippen molar-refractivity contribution < 1.29 is 17.3 Å². The number of fused-ring (bicyclic) bond motifs is 4. The van der Waals surface area contributed by atoms with Crippen LogP contribution in [0.1, 0.15) is 11.9 Å². The zero-order chi connectivity index (χ0) is 17.7. The molecule has 1 aliphatic heterocycles. The Morgan fingerprint density at radius 3 is 2.15 bits per heavy atom. The van der Waals surface area contributed by atoms with Crippen LogP contribution in [-0.2, 0) is 14.3 Å².